The minimum Gasteiger partial charge on any atom is -0.481 e. The van der Waals surface area contributed by atoms with Crippen LogP contribution in [0.5, 0.6) is 0 Å². The Morgan fingerprint density at radius 3 is 2.78 bits per heavy atom. The monoisotopic (exact) mass is 251 g/mol. The van der Waals surface area contributed by atoms with Crippen molar-refractivity contribution in [2.75, 3.05) is 13.1 Å². The largest absolute Gasteiger partial charge is 0.481 e. The first-order valence-electron chi connectivity index (χ1n) is 6.62. The molecule has 5 heteroatoms. The minimum atomic E-state index is -0.688. The quantitative estimate of drug-likeness (QED) is 0.829. The molecule has 1 aliphatic rings. The molecule has 5 nitrogen and oxygen atoms in total. The molecule has 0 spiro atoms. The van der Waals surface area contributed by atoms with Crippen LogP contribution in [0.15, 0.2) is 6.07 Å². The van der Waals surface area contributed by atoms with Crippen molar-refractivity contribution in [3.05, 3.63) is 17.5 Å². The summed E-state index contributed by atoms with van der Waals surface area (Å²) in [6, 6.07) is 2.16. The molecule has 0 radical (unpaired) electrons. The number of carboxylic acid groups (broad SMARTS) is 1. The van der Waals surface area contributed by atoms with E-state index in [0.29, 0.717) is 12.3 Å². The standard InChI is InChI=1S/C13H21N3O2/c1-3-11-6-12(16(4-2)14-11)9-15-7-10(8-15)5-13(17)18/h6,10H,3-5,7-9H2,1-2H3,(H,17,18). The van der Waals surface area contributed by atoms with E-state index in [-0.39, 0.29) is 0 Å². The summed E-state index contributed by atoms with van der Waals surface area (Å²) in [5, 5.41) is 13.2. The smallest absolute Gasteiger partial charge is 0.303 e. The van der Waals surface area contributed by atoms with Crippen molar-refractivity contribution in [1.82, 2.24) is 14.7 Å². The zero-order chi connectivity index (χ0) is 13.1. The Hall–Kier alpha value is -1.36. The highest BCUT2D eigenvalue weighted by molar-refractivity contribution is 5.67. The first-order valence-corrected chi connectivity index (χ1v) is 6.62. The minimum absolute atomic E-state index is 0.295. The summed E-state index contributed by atoms with van der Waals surface area (Å²) in [7, 11) is 0. The van der Waals surface area contributed by atoms with Crippen LogP contribution in [0.2, 0.25) is 0 Å². The van der Waals surface area contributed by atoms with Gasteiger partial charge in [0.1, 0.15) is 0 Å². The summed E-state index contributed by atoms with van der Waals surface area (Å²) in [5.74, 6) is -0.363. The Morgan fingerprint density at radius 1 is 1.50 bits per heavy atom. The Morgan fingerprint density at radius 2 is 2.22 bits per heavy atom. The Balaban J connectivity index is 1.87. The molecule has 0 amide bonds. The second-order valence-electron chi connectivity index (χ2n) is 4.95. The summed E-state index contributed by atoms with van der Waals surface area (Å²) >= 11 is 0. The highest BCUT2D eigenvalue weighted by Crippen LogP contribution is 2.21. The fraction of sp³-hybridized carbons (Fsp3) is 0.692. The maximum Gasteiger partial charge on any atom is 0.303 e. The zero-order valence-electron chi connectivity index (χ0n) is 11.1. The number of aliphatic carboxylic acids is 1. The van der Waals surface area contributed by atoms with Crippen molar-refractivity contribution in [1.29, 1.82) is 0 Å². The number of rotatable bonds is 6. The molecule has 0 aliphatic carbocycles. The van der Waals surface area contributed by atoms with Gasteiger partial charge in [0.15, 0.2) is 0 Å². The highest BCUT2D eigenvalue weighted by atomic mass is 16.4. The molecule has 0 unspecified atom stereocenters. The van der Waals surface area contributed by atoms with Crippen LogP contribution < -0.4 is 0 Å². The number of hydrogen-bond acceptors (Lipinski definition) is 3. The van der Waals surface area contributed by atoms with E-state index in [0.717, 1.165) is 38.3 Å². The number of aryl methyl sites for hydroxylation is 2. The van der Waals surface area contributed by atoms with E-state index >= 15 is 0 Å². The number of hydrogen-bond donors (Lipinski definition) is 1. The van der Waals surface area contributed by atoms with E-state index < -0.39 is 5.97 Å². The van der Waals surface area contributed by atoms with Crippen molar-refractivity contribution >= 4 is 5.97 Å². The van der Waals surface area contributed by atoms with E-state index in [1.54, 1.807) is 0 Å². The molecule has 1 aromatic heterocycles. The van der Waals surface area contributed by atoms with Crippen LogP contribution in [-0.4, -0.2) is 38.8 Å². The lowest BCUT2D eigenvalue weighted by molar-refractivity contribution is -0.139. The van der Waals surface area contributed by atoms with Crippen molar-refractivity contribution < 1.29 is 9.90 Å². The van der Waals surface area contributed by atoms with Gasteiger partial charge >= 0.3 is 5.97 Å². The van der Waals surface area contributed by atoms with Gasteiger partial charge in [-0.05, 0) is 25.3 Å². The van der Waals surface area contributed by atoms with Crippen molar-refractivity contribution in [3.8, 4) is 0 Å². The molecule has 0 aromatic carbocycles. The van der Waals surface area contributed by atoms with Crippen LogP contribution in [0, 0.1) is 5.92 Å². The van der Waals surface area contributed by atoms with Crippen molar-refractivity contribution in [2.45, 2.75) is 39.8 Å². The third-order valence-corrected chi connectivity index (χ3v) is 3.46. The molecular weight excluding hydrogens is 230 g/mol. The number of carboxylic acids is 1. The molecule has 1 aromatic rings. The fourth-order valence-electron chi connectivity index (χ4n) is 2.50. The third kappa shape index (κ3) is 2.90. The zero-order valence-corrected chi connectivity index (χ0v) is 11.1. The molecular formula is C13H21N3O2. The second kappa shape index (κ2) is 5.52. The molecule has 0 atom stereocenters. The van der Waals surface area contributed by atoms with Gasteiger partial charge in [-0.1, -0.05) is 6.92 Å². The summed E-state index contributed by atoms with van der Waals surface area (Å²) in [6.45, 7) is 7.77. The van der Waals surface area contributed by atoms with Crippen LogP contribution in [0.25, 0.3) is 0 Å². The SMILES string of the molecule is CCc1cc(CN2CC(CC(=O)O)C2)n(CC)n1. The molecule has 18 heavy (non-hydrogen) atoms. The maximum absolute atomic E-state index is 10.6. The molecule has 0 bridgehead atoms. The van der Waals surface area contributed by atoms with Crippen molar-refractivity contribution in [2.24, 2.45) is 5.92 Å². The number of likely N-dealkylation sites (tertiary alicyclic amines) is 1. The van der Waals surface area contributed by atoms with E-state index in [9.17, 15) is 4.79 Å². The predicted octanol–water partition coefficient (Wildman–Crippen LogP) is 1.37. The van der Waals surface area contributed by atoms with Crippen LogP contribution in [0.1, 0.15) is 31.7 Å². The van der Waals surface area contributed by atoms with Gasteiger partial charge in [-0.2, -0.15) is 5.10 Å². The lowest BCUT2D eigenvalue weighted by atomic mass is 9.96. The Kier molecular flexibility index (Phi) is 4.01. The van der Waals surface area contributed by atoms with Crippen LogP contribution in [-0.2, 0) is 24.3 Å². The van der Waals surface area contributed by atoms with Gasteiger partial charge in [-0.3, -0.25) is 14.4 Å². The average Bonchev–Trinajstić information content (AvgIpc) is 2.68. The van der Waals surface area contributed by atoms with Crippen molar-refractivity contribution in [3.63, 3.8) is 0 Å². The van der Waals surface area contributed by atoms with Gasteiger partial charge in [0.25, 0.3) is 0 Å². The van der Waals surface area contributed by atoms with Gasteiger partial charge in [0.05, 0.1) is 17.8 Å². The molecule has 0 saturated carbocycles. The van der Waals surface area contributed by atoms with Crippen LogP contribution in [0.3, 0.4) is 0 Å². The Labute approximate surface area is 107 Å². The fourth-order valence-corrected chi connectivity index (χ4v) is 2.50. The number of carbonyl (C=O) groups is 1. The van der Waals surface area contributed by atoms with Crippen LogP contribution in [0.4, 0.5) is 0 Å². The summed E-state index contributed by atoms with van der Waals surface area (Å²) in [6.07, 6.45) is 1.26. The molecule has 1 aliphatic heterocycles. The van der Waals surface area contributed by atoms with E-state index in [1.165, 1.54) is 5.69 Å². The average molecular weight is 251 g/mol. The first-order chi connectivity index (χ1) is 8.62. The third-order valence-electron chi connectivity index (χ3n) is 3.46. The van der Waals surface area contributed by atoms with Gasteiger partial charge in [-0.15, -0.1) is 0 Å². The number of aromatic nitrogens is 2. The van der Waals surface area contributed by atoms with E-state index in [4.69, 9.17) is 5.11 Å². The summed E-state index contributed by atoms with van der Waals surface area (Å²) < 4.78 is 2.04. The van der Waals surface area contributed by atoms with E-state index in [2.05, 4.69) is 29.9 Å². The molecule has 1 N–H and O–H groups in total. The molecule has 1 fully saturated rings. The second-order valence-corrected chi connectivity index (χ2v) is 4.95. The predicted molar refractivity (Wildman–Crippen MR) is 68.3 cm³/mol. The molecule has 100 valence electrons. The van der Waals surface area contributed by atoms with Gasteiger partial charge in [-0.25, -0.2) is 0 Å². The topological polar surface area (TPSA) is 58.4 Å². The molecule has 2 heterocycles. The van der Waals surface area contributed by atoms with E-state index in [1.807, 2.05) is 4.68 Å². The van der Waals surface area contributed by atoms with Crippen LogP contribution >= 0.6 is 0 Å². The summed E-state index contributed by atoms with van der Waals surface area (Å²) in [4.78, 5) is 12.9. The van der Waals surface area contributed by atoms with Gasteiger partial charge < -0.3 is 5.11 Å². The maximum atomic E-state index is 10.6. The van der Waals surface area contributed by atoms with Gasteiger partial charge in [0, 0.05) is 26.2 Å². The molecule has 1 saturated heterocycles. The molecule has 2 rings (SSSR count). The highest BCUT2D eigenvalue weighted by Gasteiger charge is 2.29. The normalized spacial score (nSPS) is 16.8. The number of nitrogens with zero attached hydrogens (tertiary/aromatic N) is 3. The lowest BCUT2D eigenvalue weighted by Gasteiger charge is -2.38. The first kappa shape index (κ1) is 13.1. The van der Waals surface area contributed by atoms with Gasteiger partial charge in [0.2, 0.25) is 0 Å². The lowest BCUT2D eigenvalue weighted by Crippen LogP contribution is -2.47. The summed E-state index contributed by atoms with van der Waals surface area (Å²) in [5.41, 5.74) is 2.37. The Bertz CT molecular complexity index is 422.